The van der Waals surface area contributed by atoms with Crippen LogP contribution >= 0.6 is 0 Å². The first-order chi connectivity index (χ1) is 9.15. The number of aldehydes is 1. The maximum Gasteiger partial charge on any atom is 0.252 e. The largest absolute Gasteiger partial charge is 0.345 e. The molecule has 0 aromatic heterocycles. The van der Waals surface area contributed by atoms with Crippen LogP contribution in [0.3, 0.4) is 0 Å². The molecule has 0 unspecified atom stereocenters. The molecule has 0 heterocycles. The van der Waals surface area contributed by atoms with Gasteiger partial charge in [-0.3, -0.25) is 9.59 Å². The lowest BCUT2D eigenvalue weighted by Gasteiger charge is -2.09. The minimum Gasteiger partial charge on any atom is -0.345 e. The van der Waals surface area contributed by atoms with Crippen LogP contribution in [0.15, 0.2) is 36.4 Å². The fourth-order valence-electron chi connectivity index (χ4n) is 2.03. The van der Waals surface area contributed by atoms with Gasteiger partial charge in [-0.1, -0.05) is 24.3 Å². The maximum absolute atomic E-state index is 11.9. The summed E-state index contributed by atoms with van der Waals surface area (Å²) >= 11 is 0. The van der Waals surface area contributed by atoms with Gasteiger partial charge in [0.25, 0.3) is 5.91 Å². The van der Waals surface area contributed by atoms with Gasteiger partial charge in [0, 0.05) is 11.1 Å². The molecular weight excluding hydrogens is 242 g/mol. The van der Waals surface area contributed by atoms with Crippen LogP contribution in [-0.2, 0) is 4.79 Å². The Morgan fingerprint density at radius 3 is 2.21 bits per heavy atom. The zero-order chi connectivity index (χ0) is 13.8. The monoisotopic (exact) mass is 255 g/mol. The Balaban J connectivity index is 2.58. The van der Waals surface area contributed by atoms with E-state index >= 15 is 0 Å². The summed E-state index contributed by atoms with van der Waals surface area (Å²) < 4.78 is 0. The third-order valence-electron chi connectivity index (χ3n) is 2.89. The molecule has 4 heteroatoms. The summed E-state index contributed by atoms with van der Waals surface area (Å²) in [4.78, 5) is 33.8. The van der Waals surface area contributed by atoms with Crippen LogP contribution in [0.25, 0.3) is 10.8 Å². The van der Waals surface area contributed by atoms with Crippen LogP contribution in [0.5, 0.6) is 0 Å². The van der Waals surface area contributed by atoms with E-state index < -0.39 is 0 Å². The van der Waals surface area contributed by atoms with Crippen LogP contribution < -0.4 is 5.32 Å². The lowest BCUT2D eigenvalue weighted by atomic mass is 9.97. The Hall–Kier alpha value is -2.49. The molecule has 0 radical (unpaired) electrons. The zero-order valence-corrected chi connectivity index (χ0v) is 10.5. The summed E-state index contributed by atoms with van der Waals surface area (Å²) in [6.07, 6.45) is 0.629. The van der Waals surface area contributed by atoms with Crippen LogP contribution in [0, 0.1) is 0 Å². The fraction of sp³-hybridized carbons (Fsp3) is 0.133. The van der Waals surface area contributed by atoms with Gasteiger partial charge < -0.3 is 10.1 Å². The van der Waals surface area contributed by atoms with Gasteiger partial charge in [0.2, 0.25) is 0 Å². The summed E-state index contributed by atoms with van der Waals surface area (Å²) in [6, 6.07) is 10.5. The average molecular weight is 255 g/mol. The van der Waals surface area contributed by atoms with Crippen molar-refractivity contribution in [1.82, 2.24) is 5.32 Å². The standard InChI is InChI=1S/C15H13NO3/c1-10(18)11-6-7-14(15(19)16-8-9-17)13-5-3-2-4-12(11)13/h2-7,9H,8H2,1H3,(H,16,19). The Bertz CT molecular complexity index is 661. The highest BCUT2D eigenvalue weighted by Crippen LogP contribution is 2.23. The third kappa shape index (κ3) is 2.52. The van der Waals surface area contributed by atoms with E-state index in [2.05, 4.69) is 5.32 Å². The molecule has 0 saturated heterocycles. The van der Waals surface area contributed by atoms with Crippen LogP contribution in [-0.4, -0.2) is 24.5 Å². The quantitative estimate of drug-likeness (QED) is 0.671. The molecule has 2 rings (SSSR count). The van der Waals surface area contributed by atoms with Gasteiger partial charge in [-0.25, -0.2) is 0 Å². The van der Waals surface area contributed by atoms with Crippen molar-refractivity contribution in [2.24, 2.45) is 0 Å². The van der Waals surface area contributed by atoms with E-state index in [0.717, 1.165) is 5.39 Å². The number of amides is 1. The number of rotatable bonds is 4. The SMILES string of the molecule is CC(=O)c1ccc(C(=O)NCC=O)c2ccccc12. The first-order valence-electron chi connectivity index (χ1n) is 5.89. The van der Waals surface area contributed by atoms with Crippen molar-refractivity contribution >= 4 is 28.7 Å². The average Bonchev–Trinajstić information content (AvgIpc) is 2.43. The highest BCUT2D eigenvalue weighted by atomic mass is 16.2. The Morgan fingerprint density at radius 1 is 1.05 bits per heavy atom. The van der Waals surface area contributed by atoms with E-state index in [9.17, 15) is 14.4 Å². The number of Topliss-reactive ketones (excluding diaryl/α,β-unsaturated/α-hetero) is 1. The highest BCUT2D eigenvalue weighted by Gasteiger charge is 2.13. The molecule has 0 atom stereocenters. The summed E-state index contributed by atoms with van der Waals surface area (Å²) in [5.74, 6) is -0.366. The number of carbonyl (C=O) groups is 3. The number of hydrogen-bond acceptors (Lipinski definition) is 3. The molecule has 2 aromatic rings. The molecule has 0 spiro atoms. The Labute approximate surface area is 110 Å². The summed E-state index contributed by atoms with van der Waals surface area (Å²) in [6.45, 7) is 1.47. The van der Waals surface area contributed by atoms with E-state index in [-0.39, 0.29) is 18.2 Å². The maximum atomic E-state index is 11.9. The van der Waals surface area contributed by atoms with E-state index in [1.807, 2.05) is 18.2 Å². The normalized spacial score (nSPS) is 10.2. The second kappa shape index (κ2) is 5.44. The van der Waals surface area contributed by atoms with E-state index in [0.29, 0.717) is 22.8 Å². The molecule has 0 aliphatic heterocycles. The third-order valence-corrected chi connectivity index (χ3v) is 2.89. The molecule has 0 bridgehead atoms. The minimum atomic E-state index is -0.321. The Morgan fingerprint density at radius 2 is 1.63 bits per heavy atom. The molecule has 2 aromatic carbocycles. The number of fused-ring (bicyclic) bond motifs is 1. The van der Waals surface area contributed by atoms with Crippen molar-refractivity contribution in [2.45, 2.75) is 6.92 Å². The number of carbonyl (C=O) groups excluding carboxylic acids is 3. The number of benzene rings is 2. The van der Waals surface area contributed by atoms with Crippen molar-refractivity contribution < 1.29 is 14.4 Å². The molecular formula is C15H13NO3. The topological polar surface area (TPSA) is 63.2 Å². The second-order valence-corrected chi connectivity index (χ2v) is 4.14. The van der Waals surface area contributed by atoms with Gasteiger partial charge >= 0.3 is 0 Å². The summed E-state index contributed by atoms with van der Waals surface area (Å²) in [5.41, 5.74) is 1.05. The zero-order valence-electron chi connectivity index (χ0n) is 10.5. The van der Waals surface area contributed by atoms with Gasteiger partial charge in [-0.05, 0) is 29.8 Å². The van der Waals surface area contributed by atoms with Gasteiger partial charge in [0.05, 0.1) is 6.54 Å². The highest BCUT2D eigenvalue weighted by molar-refractivity contribution is 6.14. The number of ketones is 1. The van der Waals surface area contributed by atoms with E-state index in [1.54, 1.807) is 18.2 Å². The molecule has 0 fully saturated rings. The van der Waals surface area contributed by atoms with E-state index in [4.69, 9.17) is 0 Å². The summed E-state index contributed by atoms with van der Waals surface area (Å²) in [5, 5.41) is 3.95. The van der Waals surface area contributed by atoms with E-state index in [1.165, 1.54) is 6.92 Å². The van der Waals surface area contributed by atoms with Crippen LogP contribution in [0.4, 0.5) is 0 Å². The lowest BCUT2D eigenvalue weighted by molar-refractivity contribution is -0.107. The molecule has 0 aliphatic carbocycles. The van der Waals surface area contributed by atoms with Crippen LogP contribution in [0.2, 0.25) is 0 Å². The van der Waals surface area contributed by atoms with Gasteiger partial charge in [-0.2, -0.15) is 0 Å². The summed E-state index contributed by atoms with van der Waals surface area (Å²) in [7, 11) is 0. The number of nitrogens with one attached hydrogen (secondary N) is 1. The second-order valence-electron chi connectivity index (χ2n) is 4.14. The molecule has 96 valence electrons. The first kappa shape index (κ1) is 13.0. The number of hydrogen-bond donors (Lipinski definition) is 1. The van der Waals surface area contributed by atoms with Crippen LogP contribution in [0.1, 0.15) is 27.6 Å². The van der Waals surface area contributed by atoms with Crippen molar-refractivity contribution in [3.63, 3.8) is 0 Å². The molecule has 1 N–H and O–H groups in total. The molecule has 4 nitrogen and oxygen atoms in total. The molecule has 1 amide bonds. The fourth-order valence-corrected chi connectivity index (χ4v) is 2.03. The minimum absolute atomic E-state index is 0.0262. The van der Waals surface area contributed by atoms with Crippen molar-refractivity contribution in [1.29, 1.82) is 0 Å². The smallest absolute Gasteiger partial charge is 0.252 e. The van der Waals surface area contributed by atoms with Gasteiger partial charge in [0.1, 0.15) is 6.29 Å². The predicted molar refractivity (Wildman–Crippen MR) is 72.3 cm³/mol. The van der Waals surface area contributed by atoms with Crippen molar-refractivity contribution in [2.75, 3.05) is 6.54 Å². The van der Waals surface area contributed by atoms with Crippen molar-refractivity contribution in [3.8, 4) is 0 Å². The Kier molecular flexibility index (Phi) is 3.71. The van der Waals surface area contributed by atoms with Crippen molar-refractivity contribution in [3.05, 3.63) is 47.5 Å². The lowest BCUT2D eigenvalue weighted by Crippen LogP contribution is -2.25. The van der Waals surface area contributed by atoms with Gasteiger partial charge in [-0.15, -0.1) is 0 Å². The molecule has 19 heavy (non-hydrogen) atoms. The first-order valence-corrected chi connectivity index (χ1v) is 5.89. The predicted octanol–water partition coefficient (Wildman–Crippen LogP) is 1.97. The molecule has 0 saturated carbocycles. The van der Waals surface area contributed by atoms with Gasteiger partial charge in [0.15, 0.2) is 5.78 Å². The molecule has 0 aliphatic rings.